The predicted octanol–water partition coefficient (Wildman–Crippen LogP) is 2.10. The van der Waals surface area contributed by atoms with Crippen molar-refractivity contribution in [1.29, 1.82) is 0 Å². The molecule has 1 aromatic carbocycles. The lowest BCUT2D eigenvalue weighted by Crippen LogP contribution is -2.19. The number of anilines is 1. The third kappa shape index (κ3) is 3.68. The zero-order chi connectivity index (χ0) is 13.7. The van der Waals surface area contributed by atoms with Crippen LogP contribution in [0.4, 0.5) is 11.4 Å². The van der Waals surface area contributed by atoms with Gasteiger partial charge < -0.3 is 10.6 Å². The molecule has 0 unspecified atom stereocenters. The maximum atomic E-state index is 11.5. The predicted molar refractivity (Wildman–Crippen MR) is 70.0 cm³/mol. The van der Waals surface area contributed by atoms with Crippen LogP contribution < -0.4 is 10.6 Å². The number of nitro groups is 1. The second-order valence-electron chi connectivity index (χ2n) is 3.78. The van der Waals surface area contributed by atoms with Crippen molar-refractivity contribution in [1.82, 2.24) is 5.32 Å². The van der Waals surface area contributed by atoms with Crippen molar-refractivity contribution in [3.63, 3.8) is 0 Å². The molecule has 0 fully saturated rings. The number of carbonyl (C=O) groups is 1. The number of hydrogen-bond acceptors (Lipinski definition) is 4. The fourth-order valence-corrected chi connectivity index (χ4v) is 1.62. The SMILES string of the molecule is CNCCC(=O)Nc1cc(Cl)c([N+](=O)[O-])cc1C. The number of halogens is 1. The summed E-state index contributed by atoms with van der Waals surface area (Å²) in [5.74, 6) is -0.169. The van der Waals surface area contributed by atoms with Crippen LogP contribution in [0.5, 0.6) is 0 Å². The van der Waals surface area contributed by atoms with Crippen LogP contribution in [0, 0.1) is 17.0 Å². The number of nitrogens with zero attached hydrogens (tertiary/aromatic N) is 1. The Labute approximate surface area is 109 Å². The molecule has 1 rings (SSSR count). The Morgan fingerprint density at radius 2 is 2.17 bits per heavy atom. The van der Waals surface area contributed by atoms with Gasteiger partial charge in [-0.05, 0) is 25.6 Å². The Morgan fingerprint density at radius 1 is 1.50 bits per heavy atom. The first-order valence-electron chi connectivity index (χ1n) is 5.34. The highest BCUT2D eigenvalue weighted by molar-refractivity contribution is 6.33. The molecule has 1 aromatic rings. The summed E-state index contributed by atoms with van der Waals surface area (Å²) in [4.78, 5) is 21.6. The first-order chi connectivity index (χ1) is 8.45. The van der Waals surface area contributed by atoms with E-state index in [1.54, 1.807) is 14.0 Å². The molecule has 0 atom stereocenters. The van der Waals surface area contributed by atoms with E-state index in [0.717, 1.165) is 0 Å². The van der Waals surface area contributed by atoms with Crippen molar-refractivity contribution in [3.05, 3.63) is 32.8 Å². The van der Waals surface area contributed by atoms with Gasteiger partial charge in [-0.15, -0.1) is 0 Å². The Kier molecular flexibility index (Phi) is 5.06. The minimum Gasteiger partial charge on any atom is -0.326 e. The van der Waals surface area contributed by atoms with Gasteiger partial charge in [-0.3, -0.25) is 14.9 Å². The second kappa shape index (κ2) is 6.32. The fraction of sp³-hybridized carbons (Fsp3) is 0.364. The van der Waals surface area contributed by atoms with Gasteiger partial charge in [-0.2, -0.15) is 0 Å². The lowest BCUT2D eigenvalue weighted by molar-refractivity contribution is -0.384. The van der Waals surface area contributed by atoms with E-state index >= 15 is 0 Å². The molecule has 2 N–H and O–H groups in total. The number of nitro benzene ring substituents is 1. The molecule has 0 aliphatic carbocycles. The van der Waals surface area contributed by atoms with Crippen LogP contribution in [0.15, 0.2) is 12.1 Å². The molecule has 0 aromatic heterocycles. The van der Waals surface area contributed by atoms with Gasteiger partial charge in [0.1, 0.15) is 5.02 Å². The third-order valence-corrected chi connectivity index (χ3v) is 2.67. The quantitative estimate of drug-likeness (QED) is 0.634. The second-order valence-corrected chi connectivity index (χ2v) is 4.18. The number of amides is 1. The summed E-state index contributed by atoms with van der Waals surface area (Å²) >= 11 is 5.78. The summed E-state index contributed by atoms with van der Waals surface area (Å²) in [6.45, 7) is 2.24. The topological polar surface area (TPSA) is 84.3 Å². The summed E-state index contributed by atoms with van der Waals surface area (Å²) in [6.07, 6.45) is 0.324. The molecule has 6 nitrogen and oxygen atoms in total. The molecule has 0 saturated heterocycles. The summed E-state index contributed by atoms with van der Waals surface area (Å²) in [7, 11) is 1.75. The molecule has 0 aliphatic heterocycles. The molecule has 18 heavy (non-hydrogen) atoms. The maximum Gasteiger partial charge on any atom is 0.288 e. The molecule has 1 amide bonds. The van der Waals surface area contributed by atoms with Crippen LogP contribution >= 0.6 is 11.6 Å². The molecular weight excluding hydrogens is 258 g/mol. The van der Waals surface area contributed by atoms with E-state index < -0.39 is 4.92 Å². The van der Waals surface area contributed by atoms with Crippen molar-refractivity contribution in [2.45, 2.75) is 13.3 Å². The van der Waals surface area contributed by atoms with Gasteiger partial charge >= 0.3 is 0 Å². The van der Waals surface area contributed by atoms with E-state index in [1.165, 1.54) is 12.1 Å². The monoisotopic (exact) mass is 271 g/mol. The van der Waals surface area contributed by atoms with Crippen LogP contribution in [0.1, 0.15) is 12.0 Å². The number of rotatable bonds is 5. The molecular formula is C11H14ClN3O3. The normalized spacial score (nSPS) is 10.2. The number of carbonyl (C=O) groups excluding carboxylic acids is 1. The summed E-state index contributed by atoms with van der Waals surface area (Å²) < 4.78 is 0. The molecule has 7 heteroatoms. The van der Waals surface area contributed by atoms with Crippen LogP contribution in [0.2, 0.25) is 5.02 Å². The first-order valence-corrected chi connectivity index (χ1v) is 5.72. The Bertz CT molecular complexity index is 477. The highest BCUT2D eigenvalue weighted by Crippen LogP contribution is 2.30. The number of nitrogens with one attached hydrogen (secondary N) is 2. The number of benzene rings is 1. The number of aryl methyl sites for hydroxylation is 1. The maximum absolute atomic E-state index is 11.5. The zero-order valence-electron chi connectivity index (χ0n) is 10.1. The van der Waals surface area contributed by atoms with Crippen molar-refractivity contribution in [2.75, 3.05) is 18.9 Å². The Hall–Kier alpha value is -1.66. The van der Waals surface area contributed by atoms with Crippen LogP contribution in [-0.4, -0.2) is 24.4 Å². The summed E-state index contributed by atoms with van der Waals surface area (Å²) in [6, 6.07) is 2.74. The summed E-state index contributed by atoms with van der Waals surface area (Å²) in [5, 5.41) is 16.2. The van der Waals surface area contributed by atoms with Gasteiger partial charge in [0.15, 0.2) is 0 Å². The third-order valence-electron chi connectivity index (χ3n) is 2.37. The van der Waals surface area contributed by atoms with Crippen molar-refractivity contribution >= 4 is 28.9 Å². The minimum atomic E-state index is -0.554. The largest absolute Gasteiger partial charge is 0.326 e. The van der Waals surface area contributed by atoms with Crippen LogP contribution in [0.25, 0.3) is 0 Å². The smallest absolute Gasteiger partial charge is 0.288 e. The molecule has 0 aliphatic rings. The van der Waals surface area contributed by atoms with Gasteiger partial charge in [0.2, 0.25) is 5.91 Å². The summed E-state index contributed by atoms with van der Waals surface area (Å²) in [5.41, 5.74) is 0.929. The van der Waals surface area contributed by atoms with Crippen molar-refractivity contribution < 1.29 is 9.72 Å². The van der Waals surface area contributed by atoms with Crippen LogP contribution in [-0.2, 0) is 4.79 Å². The van der Waals surface area contributed by atoms with Gasteiger partial charge in [0, 0.05) is 24.7 Å². The minimum absolute atomic E-state index is 0.00881. The van der Waals surface area contributed by atoms with Crippen molar-refractivity contribution in [3.8, 4) is 0 Å². The van der Waals surface area contributed by atoms with E-state index in [9.17, 15) is 14.9 Å². The highest BCUT2D eigenvalue weighted by atomic mass is 35.5. The highest BCUT2D eigenvalue weighted by Gasteiger charge is 2.15. The molecule has 0 saturated carbocycles. The molecule has 0 bridgehead atoms. The van der Waals surface area contributed by atoms with E-state index in [0.29, 0.717) is 24.2 Å². The van der Waals surface area contributed by atoms with E-state index in [-0.39, 0.29) is 16.6 Å². The average molecular weight is 272 g/mol. The van der Waals surface area contributed by atoms with Gasteiger partial charge in [-0.1, -0.05) is 11.6 Å². The molecule has 0 radical (unpaired) electrons. The van der Waals surface area contributed by atoms with E-state index in [4.69, 9.17) is 11.6 Å². The lowest BCUT2D eigenvalue weighted by Gasteiger charge is -2.09. The van der Waals surface area contributed by atoms with E-state index in [2.05, 4.69) is 10.6 Å². The standard InChI is InChI=1S/C11H14ClN3O3/c1-7-5-10(15(17)18)8(12)6-9(7)14-11(16)3-4-13-2/h5-6,13H,3-4H2,1-2H3,(H,14,16). The van der Waals surface area contributed by atoms with Gasteiger partial charge in [0.05, 0.1) is 4.92 Å². The lowest BCUT2D eigenvalue weighted by atomic mass is 10.1. The number of hydrogen-bond donors (Lipinski definition) is 2. The Balaban J connectivity index is 2.88. The molecule has 0 spiro atoms. The van der Waals surface area contributed by atoms with E-state index in [1.807, 2.05) is 0 Å². The molecule has 98 valence electrons. The fourth-order valence-electron chi connectivity index (χ4n) is 1.39. The zero-order valence-corrected chi connectivity index (χ0v) is 10.9. The van der Waals surface area contributed by atoms with Gasteiger partial charge in [-0.25, -0.2) is 0 Å². The Morgan fingerprint density at radius 3 is 2.72 bits per heavy atom. The molecule has 0 heterocycles. The van der Waals surface area contributed by atoms with Crippen LogP contribution in [0.3, 0.4) is 0 Å². The van der Waals surface area contributed by atoms with Crippen molar-refractivity contribution in [2.24, 2.45) is 0 Å². The first kappa shape index (κ1) is 14.4. The van der Waals surface area contributed by atoms with Gasteiger partial charge in [0.25, 0.3) is 5.69 Å². The average Bonchev–Trinajstić information content (AvgIpc) is 2.30.